The molecular formula is C21H21N3O5S2. The first kappa shape index (κ1) is 22.6. The fraction of sp³-hybridized carbons (Fsp3) is 0.286. The first-order valence-electron chi connectivity index (χ1n) is 9.47. The molecule has 10 heteroatoms. The molecule has 1 amide bonds. The molecule has 0 saturated heterocycles. The zero-order chi connectivity index (χ0) is 22.7. The number of hydrogen-bond donors (Lipinski definition) is 1. The van der Waals surface area contributed by atoms with E-state index >= 15 is 0 Å². The van der Waals surface area contributed by atoms with Gasteiger partial charge in [-0.05, 0) is 57.6 Å². The van der Waals surface area contributed by atoms with Crippen molar-refractivity contribution in [1.82, 2.24) is 9.78 Å². The third-order valence-electron chi connectivity index (χ3n) is 4.40. The monoisotopic (exact) mass is 459 g/mol. The van der Waals surface area contributed by atoms with Gasteiger partial charge >= 0.3 is 5.97 Å². The van der Waals surface area contributed by atoms with Gasteiger partial charge in [-0.3, -0.25) is 9.59 Å². The summed E-state index contributed by atoms with van der Waals surface area (Å²) in [7, 11) is 0. The van der Waals surface area contributed by atoms with Gasteiger partial charge in [-0.25, -0.2) is 9.48 Å². The Morgan fingerprint density at radius 1 is 1.23 bits per heavy atom. The topological polar surface area (TPSA) is 103 Å². The van der Waals surface area contributed by atoms with Crippen molar-refractivity contribution in [3.05, 3.63) is 50.7 Å². The highest BCUT2D eigenvalue weighted by molar-refractivity contribution is 7.71. The van der Waals surface area contributed by atoms with Crippen molar-refractivity contribution in [2.45, 2.75) is 34.2 Å². The Morgan fingerprint density at radius 3 is 2.52 bits per heavy atom. The highest BCUT2D eigenvalue weighted by atomic mass is 32.1. The summed E-state index contributed by atoms with van der Waals surface area (Å²) >= 11 is 6.21. The summed E-state index contributed by atoms with van der Waals surface area (Å²) in [6.07, 6.45) is 0. The summed E-state index contributed by atoms with van der Waals surface area (Å²) in [5.74, 6) is -0.966. The van der Waals surface area contributed by atoms with Crippen molar-refractivity contribution in [1.29, 1.82) is 0 Å². The number of carbonyl (C=O) groups excluding carboxylic acids is 3. The number of thiophene rings is 1. The van der Waals surface area contributed by atoms with Crippen molar-refractivity contribution in [2.75, 3.05) is 11.9 Å². The molecule has 8 nitrogen and oxygen atoms in total. The van der Waals surface area contributed by atoms with Crippen LogP contribution in [-0.4, -0.2) is 34.0 Å². The molecule has 0 bridgehead atoms. The van der Waals surface area contributed by atoms with Crippen molar-refractivity contribution in [3.8, 4) is 11.5 Å². The van der Waals surface area contributed by atoms with Gasteiger partial charge < -0.3 is 14.5 Å². The summed E-state index contributed by atoms with van der Waals surface area (Å²) in [6, 6.07) is 7.54. The summed E-state index contributed by atoms with van der Waals surface area (Å²) in [4.78, 5) is 37.4. The van der Waals surface area contributed by atoms with Gasteiger partial charge in [-0.15, -0.1) is 16.4 Å². The zero-order valence-electron chi connectivity index (χ0n) is 17.5. The molecule has 31 heavy (non-hydrogen) atoms. The van der Waals surface area contributed by atoms with E-state index in [2.05, 4.69) is 10.4 Å². The number of amides is 1. The lowest BCUT2D eigenvalue weighted by molar-refractivity contribution is -0.116. The van der Waals surface area contributed by atoms with Crippen LogP contribution in [0, 0.1) is 18.7 Å². The van der Waals surface area contributed by atoms with E-state index in [1.807, 2.05) is 31.2 Å². The first-order valence-corrected chi connectivity index (χ1v) is 10.7. The number of Topliss-reactive ketones (excluding diaryl/α,β-unsaturated/α-hetero) is 1. The van der Waals surface area contributed by atoms with E-state index in [0.717, 1.165) is 22.5 Å². The van der Waals surface area contributed by atoms with Crippen molar-refractivity contribution in [3.63, 3.8) is 0 Å². The molecule has 162 valence electrons. The summed E-state index contributed by atoms with van der Waals surface area (Å²) in [5.41, 5.74) is 2.48. The minimum atomic E-state index is -0.598. The van der Waals surface area contributed by atoms with Crippen molar-refractivity contribution < 1.29 is 23.5 Å². The van der Waals surface area contributed by atoms with E-state index in [-0.39, 0.29) is 34.3 Å². The number of esters is 1. The maximum atomic E-state index is 12.7. The van der Waals surface area contributed by atoms with Crippen LogP contribution in [0.15, 0.2) is 28.7 Å². The molecule has 1 N–H and O–H groups in total. The summed E-state index contributed by atoms with van der Waals surface area (Å²) < 4.78 is 11.8. The van der Waals surface area contributed by atoms with Gasteiger partial charge in [-0.2, -0.15) is 0 Å². The number of nitrogens with zero attached hydrogens (tertiary/aromatic N) is 2. The van der Waals surface area contributed by atoms with E-state index < -0.39 is 11.9 Å². The molecule has 2 aromatic heterocycles. The number of ether oxygens (including phenoxy) is 1. The van der Waals surface area contributed by atoms with Gasteiger partial charge in [0.15, 0.2) is 5.78 Å². The number of ketones is 1. The smallest absolute Gasteiger partial charge is 0.341 e. The molecule has 0 atom stereocenters. The second kappa shape index (κ2) is 9.36. The predicted molar refractivity (Wildman–Crippen MR) is 119 cm³/mol. The van der Waals surface area contributed by atoms with Crippen LogP contribution in [0.25, 0.3) is 11.5 Å². The van der Waals surface area contributed by atoms with Crippen LogP contribution in [0.1, 0.15) is 45.0 Å². The minimum Gasteiger partial charge on any atom is -0.462 e. The molecule has 0 aliphatic carbocycles. The lowest BCUT2D eigenvalue weighted by Gasteiger charge is -2.07. The van der Waals surface area contributed by atoms with Crippen LogP contribution in [0.2, 0.25) is 0 Å². The van der Waals surface area contributed by atoms with Crippen molar-refractivity contribution >= 4 is 46.2 Å². The molecule has 0 saturated carbocycles. The Labute approximate surface area is 187 Å². The van der Waals surface area contributed by atoms with Crippen LogP contribution < -0.4 is 5.32 Å². The largest absolute Gasteiger partial charge is 0.462 e. The second-order valence-corrected chi connectivity index (χ2v) is 8.15. The highest BCUT2D eigenvalue weighted by Gasteiger charge is 2.25. The Morgan fingerprint density at radius 2 is 1.90 bits per heavy atom. The number of aryl methyl sites for hydroxylation is 1. The number of carbonyl (C=O) groups is 3. The fourth-order valence-electron chi connectivity index (χ4n) is 2.91. The van der Waals surface area contributed by atoms with Gasteiger partial charge in [-0.1, -0.05) is 17.7 Å². The molecule has 0 aliphatic heterocycles. The van der Waals surface area contributed by atoms with Gasteiger partial charge in [0.05, 0.1) is 17.0 Å². The fourth-order valence-corrected chi connectivity index (χ4v) is 4.20. The maximum absolute atomic E-state index is 12.7. The number of hydrogen-bond acceptors (Lipinski definition) is 8. The third kappa shape index (κ3) is 4.97. The minimum absolute atomic E-state index is 0.0446. The van der Waals surface area contributed by atoms with Crippen LogP contribution in [0.3, 0.4) is 0 Å². The van der Waals surface area contributed by atoms with Gasteiger partial charge in [0.25, 0.3) is 4.84 Å². The maximum Gasteiger partial charge on any atom is 0.341 e. The molecule has 3 rings (SSSR count). The molecule has 0 radical (unpaired) electrons. The average Bonchev–Trinajstić information content (AvgIpc) is 3.22. The summed E-state index contributed by atoms with van der Waals surface area (Å²) in [5, 5.41) is 7.20. The van der Waals surface area contributed by atoms with E-state index in [4.69, 9.17) is 21.4 Å². The Bertz CT molecular complexity index is 1200. The second-order valence-electron chi connectivity index (χ2n) is 6.78. The van der Waals surface area contributed by atoms with Crippen LogP contribution in [0.4, 0.5) is 5.00 Å². The third-order valence-corrected chi connectivity index (χ3v) is 6.00. The van der Waals surface area contributed by atoms with E-state index in [9.17, 15) is 14.4 Å². The molecule has 2 heterocycles. The molecule has 1 aromatic carbocycles. The quantitative estimate of drug-likeness (QED) is 0.314. The van der Waals surface area contributed by atoms with Gasteiger partial charge in [0.2, 0.25) is 11.8 Å². The number of aromatic nitrogens is 2. The van der Waals surface area contributed by atoms with Crippen LogP contribution >= 0.6 is 23.6 Å². The van der Waals surface area contributed by atoms with Gasteiger partial charge in [0, 0.05) is 5.56 Å². The van der Waals surface area contributed by atoms with E-state index in [0.29, 0.717) is 16.3 Å². The normalized spacial score (nSPS) is 10.7. The molecule has 0 fully saturated rings. The molecule has 3 aromatic rings. The van der Waals surface area contributed by atoms with Crippen LogP contribution in [0.5, 0.6) is 0 Å². The van der Waals surface area contributed by atoms with E-state index in [1.165, 1.54) is 11.6 Å². The van der Waals surface area contributed by atoms with Gasteiger partial charge in [0.1, 0.15) is 11.5 Å². The lowest BCUT2D eigenvalue weighted by atomic mass is 10.1. The number of nitrogens with one attached hydrogen (secondary N) is 1. The molecular weight excluding hydrogens is 438 g/mol. The number of benzene rings is 1. The Hall–Kier alpha value is -3.11. The number of rotatable bonds is 7. The Kier molecular flexibility index (Phi) is 6.81. The zero-order valence-corrected chi connectivity index (χ0v) is 19.1. The highest BCUT2D eigenvalue weighted by Crippen LogP contribution is 2.34. The molecule has 0 aliphatic rings. The molecule has 0 unspecified atom stereocenters. The average molecular weight is 460 g/mol. The van der Waals surface area contributed by atoms with E-state index in [1.54, 1.807) is 13.8 Å². The first-order chi connectivity index (χ1) is 14.7. The molecule has 0 spiro atoms. The summed E-state index contributed by atoms with van der Waals surface area (Å²) in [6.45, 7) is 6.66. The SMILES string of the molecule is CCOC(=O)c1c(NC(=O)Cn2nc(-c3ccc(C)cc3)oc2=S)sc(C(C)=O)c1C. The predicted octanol–water partition coefficient (Wildman–Crippen LogP) is 4.57. The Balaban J connectivity index is 1.83. The lowest BCUT2D eigenvalue weighted by Crippen LogP contribution is -2.20. The standard InChI is InChI=1S/C21H21N3O5S2/c1-5-28-20(27)16-12(3)17(13(4)25)31-19(16)22-15(26)10-24-21(30)29-18(23-24)14-8-6-11(2)7-9-14/h6-9H,5,10H2,1-4H3,(H,22,26). The number of anilines is 1. The van der Waals surface area contributed by atoms with Crippen molar-refractivity contribution in [2.24, 2.45) is 0 Å². The van der Waals surface area contributed by atoms with Crippen LogP contribution in [-0.2, 0) is 16.1 Å².